The third-order valence-corrected chi connectivity index (χ3v) is 6.05. The van der Waals surface area contributed by atoms with Gasteiger partial charge in [-0.1, -0.05) is 103 Å². The second-order valence-electron chi connectivity index (χ2n) is 9.20. The predicted octanol–water partition coefficient (Wildman–Crippen LogP) is 8.37. The van der Waals surface area contributed by atoms with Crippen molar-refractivity contribution in [3.05, 3.63) is 42.2 Å². The first-order chi connectivity index (χ1) is 15.6. The van der Waals surface area contributed by atoms with Crippen LogP contribution in [-0.2, 0) is 6.42 Å². The highest BCUT2D eigenvalue weighted by Gasteiger charge is 2.13. The Kier molecular flexibility index (Phi) is 13.0. The zero-order valence-electron chi connectivity index (χ0n) is 20.5. The maximum atomic E-state index is 14.2. The summed E-state index contributed by atoms with van der Waals surface area (Å²) in [5, 5.41) is 0. The van der Waals surface area contributed by atoms with E-state index in [0.717, 1.165) is 31.2 Å². The van der Waals surface area contributed by atoms with Crippen molar-refractivity contribution in [2.75, 3.05) is 6.61 Å². The lowest BCUT2D eigenvalue weighted by atomic mass is 9.98. The minimum absolute atomic E-state index is 0.0620. The van der Waals surface area contributed by atoms with Crippen LogP contribution >= 0.6 is 0 Å². The molecule has 0 bridgehead atoms. The standard InChI is InChI=1S/C28H43FN2O/c1-4-6-8-9-10-11-12-14-24-15-17-25(18-16-24)28-30-20-27(21-31-28)32-22-26(29)19-23(3)13-7-5-2/h15-18,20-21,23,26H,4-14,19,22H2,1-3H3. The van der Waals surface area contributed by atoms with Gasteiger partial charge in [0.2, 0.25) is 0 Å². The van der Waals surface area contributed by atoms with E-state index in [1.54, 1.807) is 12.4 Å². The van der Waals surface area contributed by atoms with E-state index in [1.807, 2.05) is 0 Å². The summed E-state index contributed by atoms with van der Waals surface area (Å²) in [6, 6.07) is 8.52. The highest BCUT2D eigenvalue weighted by atomic mass is 19.1. The smallest absolute Gasteiger partial charge is 0.159 e. The van der Waals surface area contributed by atoms with E-state index >= 15 is 0 Å². The molecule has 0 saturated heterocycles. The Morgan fingerprint density at radius 2 is 1.47 bits per heavy atom. The van der Waals surface area contributed by atoms with Crippen LogP contribution in [0.25, 0.3) is 11.4 Å². The molecule has 0 aliphatic heterocycles. The first-order valence-electron chi connectivity index (χ1n) is 12.8. The van der Waals surface area contributed by atoms with Gasteiger partial charge in [-0.3, -0.25) is 0 Å². The maximum absolute atomic E-state index is 14.2. The molecule has 0 aliphatic carbocycles. The quantitative estimate of drug-likeness (QED) is 0.231. The molecule has 2 rings (SSSR count). The van der Waals surface area contributed by atoms with Crippen molar-refractivity contribution >= 4 is 0 Å². The summed E-state index contributed by atoms with van der Waals surface area (Å²) in [6.45, 7) is 6.60. The van der Waals surface area contributed by atoms with Gasteiger partial charge in [0.15, 0.2) is 11.6 Å². The number of benzene rings is 1. The molecular formula is C28H43FN2O. The van der Waals surface area contributed by atoms with E-state index in [1.165, 1.54) is 50.5 Å². The van der Waals surface area contributed by atoms with Crippen LogP contribution in [0.5, 0.6) is 5.75 Å². The number of aryl methyl sites for hydroxylation is 1. The summed E-state index contributed by atoms with van der Waals surface area (Å²) in [6.07, 6.45) is 16.7. The Balaban J connectivity index is 1.71. The molecule has 3 nitrogen and oxygen atoms in total. The lowest BCUT2D eigenvalue weighted by molar-refractivity contribution is 0.167. The minimum atomic E-state index is -0.953. The van der Waals surface area contributed by atoms with Gasteiger partial charge < -0.3 is 4.74 Å². The Bertz CT molecular complexity index is 717. The minimum Gasteiger partial charge on any atom is -0.487 e. The molecule has 2 aromatic rings. The third-order valence-electron chi connectivity index (χ3n) is 6.05. The van der Waals surface area contributed by atoms with Crippen molar-refractivity contribution in [2.45, 2.75) is 104 Å². The van der Waals surface area contributed by atoms with E-state index in [0.29, 0.717) is 23.9 Å². The number of hydrogen-bond acceptors (Lipinski definition) is 3. The number of rotatable bonds is 17. The van der Waals surface area contributed by atoms with Crippen molar-refractivity contribution in [2.24, 2.45) is 5.92 Å². The molecule has 32 heavy (non-hydrogen) atoms. The molecule has 0 radical (unpaired) electrons. The Morgan fingerprint density at radius 3 is 2.12 bits per heavy atom. The van der Waals surface area contributed by atoms with Crippen molar-refractivity contribution in [1.82, 2.24) is 9.97 Å². The second-order valence-corrected chi connectivity index (χ2v) is 9.20. The Hall–Kier alpha value is -1.97. The summed E-state index contributed by atoms with van der Waals surface area (Å²) in [5.74, 6) is 1.58. The van der Waals surface area contributed by atoms with E-state index in [4.69, 9.17) is 4.74 Å². The molecule has 1 heterocycles. The molecule has 2 atom stereocenters. The molecule has 0 fully saturated rings. The van der Waals surface area contributed by atoms with Gasteiger partial charge in [0, 0.05) is 5.56 Å². The number of halogens is 1. The number of hydrogen-bond donors (Lipinski definition) is 0. The summed E-state index contributed by atoms with van der Waals surface area (Å²) in [7, 11) is 0. The van der Waals surface area contributed by atoms with Crippen molar-refractivity contribution in [3.8, 4) is 17.1 Å². The van der Waals surface area contributed by atoms with Crippen LogP contribution in [0.1, 0.15) is 97.0 Å². The zero-order chi connectivity index (χ0) is 23.0. The molecular weight excluding hydrogens is 399 g/mol. The molecule has 1 aromatic heterocycles. The Morgan fingerprint density at radius 1 is 0.844 bits per heavy atom. The summed E-state index contributed by atoms with van der Waals surface area (Å²) < 4.78 is 19.7. The van der Waals surface area contributed by atoms with Crippen molar-refractivity contribution in [3.63, 3.8) is 0 Å². The average molecular weight is 443 g/mol. The van der Waals surface area contributed by atoms with Crippen molar-refractivity contribution < 1.29 is 9.13 Å². The third kappa shape index (κ3) is 10.6. The van der Waals surface area contributed by atoms with Gasteiger partial charge in [-0.15, -0.1) is 0 Å². The second kappa shape index (κ2) is 15.8. The fourth-order valence-electron chi connectivity index (χ4n) is 4.01. The first kappa shape index (κ1) is 26.3. The van der Waals surface area contributed by atoms with E-state index < -0.39 is 6.17 Å². The fraction of sp³-hybridized carbons (Fsp3) is 0.643. The number of ether oxygens (including phenoxy) is 1. The van der Waals surface area contributed by atoms with Gasteiger partial charge in [0.1, 0.15) is 12.8 Å². The van der Waals surface area contributed by atoms with Crippen molar-refractivity contribution in [1.29, 1.82) is 0 Å². The van der Waals surface area contributed by atoms with Gasteiger partial charge in [0.05, 0.1) is 12.4 Å². The van der Waals surface area contributed by atoms with E-state index in [2.05, 4.69) is 55.0 Å². The van der Waals surface area contributed by atoms with Crippen LogP contribution in [0.2, 0.25) is 0 Å². The van der Waals surface area contributed by atoms with Crippen LogP contribution in [0.3, 0.4) is 0 Å². The van der Waals surface area contributed by atoms with Gasteiger partial charge in [-0.2, -0.15) is 0 Å². The first-order valence-corrected chi connectivity index (χ1v) is 12.8. The SMILES string of the molecule is CCCCCCCCCc1ccc(-c2ncc(OCC(F)CC(C)CCCC)cn2)cc1. The van der Waals surface area contributed by atoms with Gasteiger partial charge >= 0.3 is 0 Å². The molecule has 0 saturated carbocycles. The van der Waals surface area contributed by atoms with Crippen LogP contribution in [-0.4, -0.2) is 22.7 Å². The number of alkyl halides is 1. The van der Waals surface area contributed by atoms with Gasteiger partial charge in [0.25, 0.3) is 0 Å². The molecule has 1 aromatic carbocycles. The number of nitrogens with zero attached hydrogens (tertiary/aromatic N) is 2. The summed E-state index contributed by atoms with van der Waals surface area (Å²) >= 11 is 0. The predicted molar refractivity (Wildman–Crippen MR) is 133 cm³/mol. The number of unbranched alkanes of at least 4 members (excludes halogenated alkanes) is 7. The molecule has 0 amide bonds. The Labute approximate surface area is 195 Å². The molecule has 178 valence electrons. The van der Waals surface area contributed by atoms with E-state index in [-0.39, 0.29) is 6.61 Å². The summed E-state index contributed by atoms with van der Waals surface area (Å²) in [5.41, 5.74) is 2.36. The topological polar surface area (TPSA) is 35.0 Å². The molecule has 0 N–H and O–H groups in total. The van der Waals surface area contributed by atoms with Gasteiger partial charge in [-0.25, -0.2) is 14.4 Å². The molecule has 2 unspecified atom stereocenters. The van der Waals surface area contributed by atoms with Crippen LogP contribution < -0.4 is 4.74 Å². The zero-order valence-corrected chi connectivity index (χ0v) is 20.5. The van der Waals surface area contributed by atoms with E-state index in [9.17, 15) is 4.39 Å². The van der Waals surface area contributed by atoms with Crippen LogP contribution in [0.4, 0.5) is 4.39 Å². The van der Waals surface area contributed by atoms with Crippen LogP contribution in [0, 0.1) is 5.92 Å². The lowest BCUT2D eigenvalue weighted by Crippen LogP contribution is -2.16. The average Bonchev–Trinajstić information content (AvgIpc) is 2.81. The molecule has 0 aliphatic rings. The normalized spacial score (nSPS) is 13.1. The molecule has 4 heteroatoms. The number of aromatic nitrogens is 2. The molecule has 0 spiro atoms. The van der Waals surface area contributed by atoms with Gasteiger partial charge in [-0.05, 0) is 30.7 Å². The maximum Gasteiger partial charge on any atom is 0.159 e. The lowest BCUT2D eigenvalue weighted by Gasteiger charge is -2.15. The fourth-order valence-corrected chi connectivity index (χ4v) is 4.01. The highest BCUT2D eigenvalue weighted by Crippen LogP contribution is 2.20. The largest absolute Gasteiger partial charge is 0.487 e. The van der Waals surface area contributed by atoms with Crippen LogP contribution in [0.15, 0.2) is 36.7 Å². The highest BCUT2D eigenvalue weighted by molar-refractivity contribution is 5.55. The summed E-state index contributed by atoms with van der Waals surface area (Å²) in [4.78, 5) is 8.82. The monoisotopic (exact) mass is 442 g/mol.